The van der Waals surface area contributed by atoms with Gasteiger partial charge in [-0.25, -0.2) is 12.8 Å². The average molecular weight is 422 g/mol. The normalized spacial score (nSPS) is 14.2. The Morgan fingerprint density at radius 2 is 1.83 bits per heavy atom. The molecule has 1 aliphatic heterocycles. The van der Waals surface area contributed by atoms with Gasteiger partial charge in [0.05, 0.1) is 20.0 Å². The van der Waals surface area contributed by atoms with Gasteiger partial charge in [-0.3, -0.25) is 4.79 Å². The highest BCUT2D eigenvalue weighted by Gasteiger charge is 2.27. The van der Waals surface area contributed by atoms with Crippen molar-refractivity contribution in [3.8, 4) is 11.5 Å². The summed E-state index contributed by atoms with van der Waals surface area (Å²) in [6.07, 6.45) is 0.560. The fourth-order valence-electron chi connectivity index (χ4n) is 3.25. The van der Waals surface area contributed by atoms with Crippen LogP contribution in [0, 0.1) is 5.82 Å². The predicted octanol–water partition coefficient (Wildman–Crippen LogP) is 1.96. The second-order valence-corrected chi connectivity index (χ2v) is 8.73. The summed E-state index contributed by atoms with van der Waals surface area (Å²) in [5.41, 5.74) is 2.03. The molecule has 156 valence electrons. The molecule has 0 bridgehead atoms. The number of hydrogen-bond acceptors (Lipinski definition) is 5. The second kappa shape index (κ2) is 8.79. The van der Waals surface area contributed by atoms with Gasteiger partial charge in [-0.15, -0.1) is 0 Å². The van der Waals surface area contributed by atoms with Crippen molar-refractivity contribution in [2.75, 3.05) is 33.1 Å². The Balaban J connectivity index is 1.63. The van der Waals surface area contributed by atoms with Crippen LogP contribution in [-0.4, -0.2) is 51.7 Å². The smallest absolute Gasteiger partial charge is 0.251 e. The molecule has 2 aromatic rings. The Labute approximate surface area is 169 Å². The number of rotatable bonds is 7. The highest BCUT2D eigenvalue weighted by atomic mass is 32.2. The summed E-state index contributed by atoms with van der Waals surface area (Å²) in [5.74, 6) is -0.114. The summed E-state index contributed by atoms with van der Waals surface area (Å²) in [6.45, 7) is 0.519. The molecule has 0 saturated heterocycles. The number of carbonyl (C=O) groups excluding carboxylic acids is 1. The number of carbonyl (C=O) groups is 1. The van der Waals surface area contributed by atoms with E-state index in [9.17, 15) is 17.6 Å². The number of methoxy groups -OCH3 is 2. The summed E-state index contributed by atoms with van der Waals surface area (Å²) in [6, 6.07) is 8.90. The lowest BCUT2D eigenvalue weighted by molar-refractivity contribution is 0.0955. The number of amides is 1. The van der Waals surface area contributed by atoms with Crippen LogP contribution in [0.2, 0.25) is 0 Å². The lowest BCUT2D eigenvalue weighted by atomic mass is 10.0. The fraction of sp³-hybridized carbons (Fsp3) is 0.350. The zero-order chi connectivity index (χ0) is 21.0. The fourth-order valence-corrected chi connectivity index (χ4v) is 4.57. The van der Waals surface area contributed by atoms with Gasteiger partial charge in [-0.2, -0.15) is 4.31 Å². The Morgan fingerprint density at radius 1 is 1.14 bits per heavy atom. The van der Waals surface area contributed by atoms with Crippen LogP contribution in [-0.2, 0) is 23.0 Å². The summed E-state index contributed by atoms with van der Waals surface area (Å²) in [4.78, 5) is 12.0. The number of ether oxygens (including phenoxy) is 2. The minimum atomic E-state index is -3.57. The van der Waals surface area contributed by atoms with E-state index in [1.54, 1.807) is 13.2 Å². The first kappa shape index (κ1) is 21.1. The van der Waals surface area contributed by atoms with Gasteiger partial charge in [0, 0.05) is 25.2 Å². The van der Waals surface area contributed by atoms with E-state index >= 15 is 0 Å². The molecule has 1 heterocycles. The molecule has 0 aliphatic carbocycles. The van der Waals surface area contributed by atoms with Crippen molar-refractivity contribution in [3.05, 3.63) is 58.9 Å². The molecule has 1 N–H and O–H groups in total. The highest BCUT2D eigenvalue weighted by Crippen LogP contribution is 2.33. The minimum absolute atomic E-state index is 0.0625. The molecule has 1 aliphatic rings. The molecule has 29 heavy (non-hydrogen) atoms. The van der Waals surface area contributed by atoms with Gasteiger partial charge < -0.3 is 14.8 Å². The molecule has 0 radical (unpaired) electrons. The number of fused-ring (bicyclic) bond motifs is 1. The number of sulfonamides is 1. The Hall–Kier alpha value is -2.65. The number of nitrogens with one attached hydrogen (secondary N) is 1. The van der Waals surface area contributed by atoms with Crippen LogP contribution in [0.4, 0.5) is 4.39 Å². The molecule has 0 spiro atoms. The molecule has 0 aromatic heterocycles. The van der Waals surface area contributed by atoms with Crippen LogP contribution < -0.4 is 14.8 Å². The van der Waals surface area contributed by atoms with Crippen molar-refractivity contribution in [3.63, 3.8) is 0 Å². The first-order chi connectivity index (χ1) is 13.8. The van der Waals surface area contributed by atoms with Crippen molar-refractivity contribution in [1.82, 2.24) is 9.62 Å². The maximum absolute atomic E-state index is 13.2. The molecule has 1 amide bonds. The quantitative estimate of drug-likeness (QED) is 0.737. The van der Waals surface area contributed by atoms with Crippen LogP contribution >= 0.6 is 0 Å². The third-order valence-corrected chi connectivity index (χ3v) is 6.63. The van der Waals surface area contributed by atoms with Gasteiger partial charge in [-0.1, -0.05) is 6.07 Å². The molecular formula is C20H23FN2O5S. The molecule has 3 rings (SSSR count). The van der Waals surface area contributed by atoms with Gasteiger partial charge >= 0.3 is 0 Å². The first-order valence-electron chi connectivity index (χ1n) is 9.09. The molecule has 0 atom stereocenters. The zero-order valence-corrected chi connectivity index (χ0v) is 17.1. The van der Waals surface area contributed by atoms with Crippen molar-refractivity contribution in [2.24, 2.45) is 0 Å². The molecule has 9 heteroatoms. The molecular weight excluding hydrogens is 399 g/mol. The van der Waals surface area contributed by atoms with E-state index in [0.717, 1.165) is 17.2 Å². The lowest BCUT2D eigenvalue weighted by Crippen LogP contribution is -2.40. The summed E-state index contributed by atoms with van der Waals surface area (Å²) < 4.78 is 50.6. The van der Waals surface area contributed by atoms with Crippen LogP contribution in [0.15, 0.2) is 36.4 Å². The third-order valence-electron chi connectivity index (χ3n) is 4.81. The lowest BCUT2D eigenvalue weighted by Gasteiger charge is -2.29. The number of nitrogens with zero attached hydrogens (tertiary/aromatic N) is 1. The topological polar surface area (TPSA) is 84.9 Å². The monoisotopic (exact) mass is 422 g/mol. The van der Waals surface area contributed by atoms with Gasteiger partial charge in [0.25, 0.3) is 5.91 Å². The zero-order valence-electron chi connectivity index (χ0n) is 16.3. The molecule has 0 unspecified atom stereocenters. The van der Waals surface area contributed by atoms with Crippen LogP contribution in [0.3, 0.4) is 0 Å². The number of halogens is 1. The summed E-state index contributed by atoms with van der Waals surface area (Å²) >= 11 is 0. The van der Waals surface area contributed by atoms with E-state index in [2.05, 4.69) is 5.32 Å². The first-order valence-corrected chi connectivity index (χ1v) is 10.7. The van der Waals surface area contributed by atoms with Crippen LogP contribution in [0.25, 0.3) is 0 Å². The Bertz CT molecular complexity index is 1010. The third kappa shape index (κ3) is 4.86. The van der Waals surface area contributed by atoms with E-state index in [0.29, 0.717) is 24.5 Å². The standard InChI is InChI=1S/C20H23FN2O5S/c1-27-18-11-14-6-8-23(13-16(14)12-19(18)28-2)29(25,26)9-7-22-20(24)15-4-3-5-17(21)10-15/h3-5,10-12H,6-9,13H2,1-2H3,(H,22,24). The largest absolute Gasteiger partial charge is 0.493 e. The second-order valence-electron chi connectivity index (χ2n) is 6.64. The average Bonchev–Trinajstić information content (AvgIpc) is 2.72. The van der Waals surface area contributed by atoms with E-state index in [-0.39, 0.29) is 24.4 Å². The molecule has 2 aromatic carbocycles. The Morgan fingerprint density at radius 3 is 2.48 bits per heavy atom. The van der Waals surface area contributed by atoms with E-state index < -0.39 is 21.7 Å². The van der Waals surface area contributed by atoms with Gasteiger partial charge in [-0.05, 0) is 47.9 Å². The van der Waals surface area contributed by atoms with Crippen molar-refractivity contribution in [1.29, 1.82) is 0 Å². The highest BCUT2D eigenvalue weighted by molar-refractivity contribution is 7.89. The van der Waals surface area contributed by atoms with Gasteiger partial charge in [0.2, 0.25) is 10.0 Å². The molecule has 0 saturated carbocycles. The van der Waals surface area contributed by atoms with E-state index in [1.807, 2.05) is 6.07 Å². The van der Waals surface area contributed by atoms with Crippen LogP contribution in [0.5, 0.6) is 11.5 Å². The van der Waals surface area contributed by atoms with Crippen molar-refractivity contribution < 1.29 is 27.1 Å². The molecule has 0 fully saturated rings. The van der Waals surface area contributed by atoms with Crippen molar-refractivity contribution in [2.45, 2.75) is 13.0 Å². The Kier molecular flexibility index (Phi) is 6.39. The van der Waals surface area contributed by atoms with Gasteiger partial charge in [0.15, 0.2) is 11.5 Å². The molecule has 7 nitrogen and oxygen atoms in total. The minimum Gasteiger partial charge on any atom is -0.493 e. The SMILES string of the molecule is COc1cc2c(cc1OC)CN(S(=O)(=O)CCNC(=O)c1cccc(F)c1)CC2. The summed E-state index contributed by atoms with van der Waals surface area (Å²) in [7, 11) is -0.487. The van der Waals surface area contributed by atoms with E-state index in [1.165, 1.54) is 29.6 Å². The maximum Gasteiger partial charge on any atom is 0.251 e. The number of benzene rings is 2. The van der Waals surface area contributed by atoms with Gasteiger partial charge in [0.1, 0.15) is 5.82 Å². The summed E-state index contributed by atoms with van der Waals surface area (Å²) in [5, 5.41) is 2.53. The van der Waals surface area contributed by atoms with Crippen molar-refractivity contribution >= 4 is 15.9 Å². The van der Waals surface area contributed by atoms with Crippen LogP contribution in [0.1, 0.15) is 21.5 Å². The van der Waals surface area contributed by atoms with E-state index in [4.69, 9.17) is 9.47 Å². The predicted molar refractivity (Wildman–Crippen MR) is 106 cm³/mol. The number of hydrogen-bond donors (Lipinski definition) is 1. The maximum atomic E-state index is 13.2.